The molecule has 2 rings (SSSR count). The minimum Gasteiger partial charge on any atom is -0.393 e. The molecule has 0 radical (unpaired) electrons. The summed E-state index contributed by atoms with van der Waals surface area (Å²) in [6.07, 6.45) is 2.28. The lowest BCUT2D eigenvalue weighted by molar-refractivity contribution is 0.133. The summed E-state index contributed by atoms with van der Waals surface area (Å²) in [6.45, 7) is 2.19. The van der Waals surface area contributed by atoms with Gasteiger partial charge in [0.2, 0.25) is 0 Å². The lowest BCUT2D eigenvalue weighted by atomic mass is 10.00. The van der Waals surface area contributed by atoms with E-state index < -0.39 is 0 Å². The number of aliphatic hydroxyl groups excluding tert-OH is 1. The summed E-state index contributed by atoms with van der Waals surface area (Å²) in [5, 5.41) is 12.7. The van der Waals surface area contributed by atoms with Crippen molar-refractivity contribution in [2.75, 3.05) is 13.1 Å². The largest absolute Gasteiger partial charge is 0.393 e. The molecule has 2 heteroatoms. The lowest BCUT2D eigenvalue weighted by Gasteiger charge is -2.09. The van der Waals surface area contributed by atoms with Crippen LogP contribution in [0.2, 0.25) is 0 Å². The van der Waals surface area contributed by atoms with Crippen LogP contribution in [0.15, 0.2) is 0 Å². The first kappa shape index (κ1) is 5.69. The third kappa shape index (κ3) is 0.775. The molecule has 0 bridgehead atoms. The summed E-state index contributed by atoms with van der Waals surface area (Å²) < 4.78 is 0. The molecule has 52 valence electrons. The smallest absolute Gasteiger partial charge is 0.0583 e. The molecule has 0 spiro atoms. The van der Waals surface area contributed by atoms with Crippen LogP contribution in [0.5, 0.6) is 0 Å². The van der Waals surface area contributed by atoms with Crippen LogP contribution in [0, 0.1) is 11.8 Å². The molecular formula is C7H13NO. The second-order valence-electron chi connectivity index (χ2n) is 3.23. The van der Waals surface area contributed by atoms with E-state index in [0.29, 0.717) is 5.92 Å². The predicted octanol–water partition coefficient (Wildman–Crippen LogP) is -0.0233. The van der Waals surface area contributed by atoms with Gasteiger partial charge in [0.1, 0.15) is 0 Å². The van der Waals surface area contributed by atoms with Gasteiger partial charge in [-0.3, -0.25) is 0 Å². The highest BCUT2D eigenvalue weighted by atomic mass is 16.3. The Bertz CT molecular complexity index is 115. The minimum absolute atomic E-state index is 0.00463. The third-order valence-corrected chi connectivity index (χ3v) is 2.72. The molecule has 2 fully saturated rings. The van der Waals surface area contributed by atoms with E-state index in [4.69, 9.17) is 0 Å². The van der Waals surface area contributed by atoms with Gasteiger partial charge in [-0.25, -0.2) is 0 Å². The Morgan fingerprint density at radius 2 is 2.11 bits per heavy atom. The zero-order valence-electron chi connectivity index (χ0n) is 5.51. The fraction of sp³-hybridized carbons (Fsp3) is 1.00. The van der Waals surface area contributed by atoms with Crippen LogP contribution in [0.25, 0.3) is 0 Å². The second-order valence-corrected chi connectivity index (χ2v) is 3.23. The summed E-state index contributed by atoms with van der Waals surface area (Å²) in [6, 6.07) is 0. The third-order valence-electron chi connectivity index (χ3n) is 2.72. The van der Waals surface area contributed by atoms with E-state index in [1.807, 2.05) is 0 Å². The SMILES string of the molecule is O[C@@H]1CC[C@@H]2CNC[C@H]21. The highest BCUT2D eigenvalue weighted by molar-refractivity contribution is 4.91. The zero-order valence-corrected chi connectivity index (χ0v) is 5.51. The molecule has 0 aromatic carbocycles. The van der Waals surface area contributed by atoms with E-state index in [2.05, 4.69) is 5.32 Å². The predicted molar refractivity (Wildman–Crippen MR) is 35.1 cm³/mol. The molecule has 0 amide bonds. The Morgan fingerprint density at radius 3 is 2.89 bits per heavy atom. The van der Waals surface area contributed by atoms with Gasteiger partial charge < -0.3 is 10.4 Å². The van der Waals surface area contributed by atoms with Gasteiger partial charge in [-0.15, -0.1) is 0 Å². The van der Waals surface area contributed by atoms with Gasteiger partial charge in [-0.2, -0.15) is 0 Å². The first-order valence-corrected chi connectivity index (χ1v) is 3.76. The molecule has 0 unspecified atom stereocenters. The zero-order chi connectivity index (χ0) is 6.27. The van der Waals surface area contributed by atoms with Crippen molar-refractivity contribution < 1.29 is 5.11 Å². The van der Waals surface area contributed by atoms with E-state index >= 15 is 0 Å². The first-order valence-electron chi connectivity index (χ1n) is 3.76. The molecule has 1 aliphatic heterocycles. The molecule has 9 heavy (non-hydrogen) atoms. The molecule has 1 saturated heterocycles. The number of nitrogens with one attached hydrogen (secondary N) is 1. The van der Waals surface area contributed by atoms with Crippen molar-refractivity contribution in [1.29, 1.82) is 0 Å². The fourth-order valence-corrected chi connectivity index (χ4v) is 2.12. The summed E-state index contributed by atoms with van der Waals surface area (Å²) >= 11 is 0. The molecule has 1 saturated carbocycles. The van der Waals surface area contributed by atoms with Crippen LogP contribution >= 0.6 is 0 Å². The molecule has 1 heterocycles. The van der Waals surface area contributed by atoms with Crippen molar-refractivity contribution in [3.8, 4) is 0 Å². The van der Waals surface area contributed by atoms with E-state index in [9.17, 15) is 5.11 Å². The fourth-order valence-electron chi connectivity index (χ4n) is 2.12. The Labute approximate surface area is 55.3 Å². The van der Waals surface area contributed by atoms with Crippen molar-refractivity contribution in [2.45, 2.75) is 18.9 Å². The molecule has 2 nitrogen and oxygen atoms in total. The molecule has 1 aliphatic carbocycles. The lowest BCUT2D eigenvalue weighted by Crippen LogP contribution is -2.19. The summed E-state index contributed by atoms with van der Waals surface area (Å²) in [7, 11) is 0. The van der Waals surface area contributed by atoms with E-state index in [-0.39, 0.29) is 6.10 Å². The topological polar surface area (TPSA) is 32.3 Å². The van der Waals surface area contributed by atoms with Gasteiger partial charge in [0.25, 0.3) is 0 Å². The van der Waals surface area contributed by atoms with Gasteiger partial charge in [0.05, 0.1) is 6.10 Å². The summed E-state index contributed by atoms with van der Waals surface area (Å²) in [5.41, 5.74) is 0. The van der Waals surface area contributed by atoms with Crippen molar-refractivity contribution in [3.05, 3.63) is 0 Å². The van der Waals surface area contributed by atoms with Crippen LogP contribution in [-0.4, -0.2) is 24.3 Å². The standard InChI is InChI=1S/C7H13NO/c9-7-2-1-5-3-8-4-6(5)7/h5-9H,1-4H2/t5-,6-,7-/m1/s1. The number of fused-ring (bicyclic) bond motifs is 1. The van der Waals surface area contributed by atoms with Crippen LogP contribution in [0.4, 0.5) is 0 Å². The summed E-state index contributed by atoms with van der Waals surface area (Å²) in [5.74, 6) is 1.38. The average molecular weight is 127 g/mol. The Balaban J connectivity index is 2.07. The van der Waals surface area contributed by atoms with Gasteiger partial charge in [0, 0.05) is 12.5 Å². The molecule has 2 N–H and O–H groups in total. The number of hydrogen-bond acceptors (Lipinski definition) is 2. The quantitative estimate of drug-likeness (QED) is 0.479. The minimum atomic E-state index is 0.00463. The Kier molecular flexibility index (Phi) is 1.24. The maximum Gasteiger partial charge on any atom is 0.0583 e. The molecular weight excluding hydrogens is 114 g/mol. The molecule has 3 atom stereocenters. The highest BCUT2D eigenvalue weighted by Crippen LogP contribution is 2.33. The second kappa shape index (κ2) is 1.96. The first-order chi connectivity index (χ1) is 4.38. The van der Waals surface area contributed by atoms with Crippen LogP contribution in [0.1, 0.15) is 12.8 Å². The van der Waals surface area contributed by atoms with Crippen LogP contribution in [0.3, 0.4) is 0 Å². The highest BCUT2D eigenvalue weighted by Gasteiger charge is 2.37. The molecule has 0 aromatic heterocycles. The number of hydrogen-bond donors (Lipinski definition) is 2. The van der Waals surface area contributed by atoms with Crippen molar-refractivity contribution in [2.24, 2.45) is 11.8 Å². The van der Waals surface area contributed by atoms with Gasteiger partial charge in [-0.1, -0.05) is 0 Å². The van der Waals surface area contributed by atoms with Crippen molar-refractivity contribution >= 4 is 0 Å². The molecule has 2 aliphatic rings. The normalized spacial score (nSPS) is 49.7. The summed E-state index contributed by atoms with van der Waals surface area (Å²) in [4.78, 5) is 0. The Hall–Kier alpha value is -0.0800. The maximum absolute atomic E-state index is 9.36. The van der Waals surface area contributed by atoms with E-state index in [0.717, 1.165) is 25.4 Å². The van der Waals surface area contributed by atoms with E-state index in [1.165, 1.54) is 6.42 Å². The van der Waals surface area contributed by atoms with Crippen LogP contribution in [-0.2, 0) is 0 Å². The maximum atomic E-state index is 9.36. The monoisotopic (exact) mass is 127 g/mol. The molecule has 0 aromatic rings. The number of aliphatic hydroxyl groups is 1. The average Bonchev–Trinajstić information content (AvgIpc) is 2.35. The van der Waals surface area contributed by atoms with Crippen molar-refractivity contribution in [3.63, 3.8) is 0 Å². The van der Waals surface area contributed by atoms with Gasteiger partial charge in [0.15, 0.2) is 0 Å². The van der Waals surface area contributed by atoms with Gasteiger partial charge >= 0.3 is 0 Å². The van der Waals surface area contributed by atoms with Crippen molar-refractivity contribution in [1.82, 2.24) is 5.32 Å². The van der Waals surface area contributed by atoms with E-state index in [1.54, 1.807) is 0 Å². The number of rotatable bonds is 0. The van der Waals surface area contributed by atoms with Crippen LogP contribution < -0.4 is 5.32 Å². The Morgan fingerprint density at radius 1 is 1.22 bits per heavy atom. The van der Waals surface area contributed by atoms with Gasteiger partial charge in [-0.05, 0) is 25.3 Å².